The van der Waals surface area contributed by atoms with Crippen LogP contribution in [0.1, 0.15) is 111 Å². The molecular weight excluding hydrogens is 1140 g/mol. The van der Waals surface area contributed by atoms with E-state index in [9.17, 15) is 51.1 Å². The molecule has 0 saturated carbocycles. The number of phenolic OH excluding ortho intramolecular Hbond substituents is 10. The Kier molecular flexibility index (Phi) is 19.5. The van der Waals surface area contributed by atoms with Crippen molar-refractivity contribution in [2.45, 2.75) is 64.2 Å². The summed E-state index contributed by atoms with van der Waals surface area (Å²) in [5.41, 5.74) is 13.4. The van der Waals surface area contributed by atoms with Crippen molar-refractivity contribution < 1.29 is 51.1 Å². The Labute approximate surface area is 536 Å². The van der Waals surface area contributed by atoms with Crippen LogP contribution in [0.5, 0.6) is 57.5 Å². The molecule has 0 atom stereocenters. The van der Waals surface area contributed by atoms with Crippen LogP contribution in [0.2, 0.25) is 0 Å². The lowest BCUT2D eigenvalue weighted by Gasteiger charge is -2.16. The molecule has 12 aromatic rings. The topological polar surface area (TPSA) is 202 Å². The van der Waals surface area contributed by atoms with Crippen LogP contribution in [0.15, 0.2) is 255 Å². The van der Waals surface area contributed by atoms with E-state index >= 15 is 0 Å². The van der Waals surface area contributed by atoms with E-state index in [-0.39, 0.29) is 57.5 Å². The lowest BCUT2D eigenvalue weighted by molar-refractivity contribution is 0.449. The Morgan fingerprint density at radius 2 is 0.174 bits per heavy atom. The highest BCUT2D eigenvalue weighted by Crippen LogP contribution is 2.41. The van der Waals surface area contributed by atoms with Gasteiger partial charge in [-0.1, -0.05) is 255 Å². The summed E-state index contributed by atoms with van der Waals surface area (Å²) in [6, 6.07) is 79.3. The minimum Gasteiger partial charge on any atom is -0.507 e. The van der Waals surface area contributed by atoms with Crippen LogP contribution in [0.25, 0.3) is 0 Å². The summed E-state index contributed by atoms with van der Waals surface area (Å²) >= 11 is 0. The molecule has 0 spiro atoms. The number of phenols is 10. The molecule has 12 aromatic carbocycles. The molecule has 2 aliphatic carbocycles. The zero-order valence-electron chi connectivity index (χ0n) is 50.8. The van der Waals surface area contributed by atoms with Crippen molar-refractivity contribution in [2.75, 3.05) is 0 Å². The van der Waals surface area contributed by atoms with Crippen molar-refractivity contribution in [3.63, 3.8) is 0 Å². The number of hydrogen-bond donors (Lipinski definition) is 10. The maximum Gasteiger partial charge on any atom is 0.122 e. The van der Waals surface area contributed by atoms with Crippen molar-refractivity contribution in [2.24, 2.45) is 0 Å². The molecule has 460 valence electrons. The summed E-state index contributed by atoms with van der Waals surface area (Å²) in [6.07, 6.45) is 3.25. The van der Waals surface area contributed by atoms with E-state index < -0.39 is 0 Å². The average Bonchev–Trinajstić information content (AvgIpc) is 0.956. The molecule has 20 bridgehead atoms. The van der Waals surface area contributed by atoms with Gasteiger partial charge in [0.1, 0.15) is 57.5 Å². The van der Waals surface area contributed by atoms with Crippen molar-refractivity contribution >= 4 is 0 Å². The summed E-state index contributed by atoms with van der Waals surface area (Å²) in [5, 5.41) is 112. The fourth-order valence-electron chi connectivity index (χ4n) is 12.1. The Bertz CT molecular complexity index is 3400. The highest BCUT2D eigenvalue weighted by atomic mass is 16.3. The summed E-state index contributed by atoms with van der Waals surface area (Å²) in [7, 11) is 0. The Morgan fingerprint density at radius 3 is 0.239 bits per heavy atom. The molecular formula is C82H72O10. The molecule has 0 radical (unpaired) electrons. The lowest BCUT2D eigenvalue weighted by Crippen LogP contribution is -2.00. The molecule has 10 heteroatoms. The van der Waals surface area contributed by atoms with E-state index in [4.69, 9.17) is 0 Å². The largest absolute Gasteiger partial charge is 0.507 e. The third kappa shape index (κ3) is 14.5. The predicted octanol–water partition coefficient (Wildman–Crippen LogP) is 16.3. The molecule has 0 amide bonds. The summed E-state index contributed by atoms with van der Waals surface area (Å²) in [5.74, 6) is 1.27. The standard InChI is InChI=1S/2C35H30O5.2C6H6/c2*36-31-21-6-1-7-22(31)17-24-9-3-11-26(33(24)38)19-28-13-5-15-30(35(28)40)20-29-14-4-12-27(34(29)39)18-25-10-2-8-23(16-21)32(25)37;2*1-2-4-6-5-3-1/h2*1-15,36-40H,16-20H2;2*1-6H. The second kappa shape index (κ2) is 28.9. The first-order valence-corrected chi connectivity index (χ1v) is 30.7. The molecule has 0 heterocycles. The zero-order chi connectivity index (χ0) is 64.1. The maximum absolute atomic E-state index is 11.2. The van der Waals surface area contributed by atoms with Crippen LogP contribution in [-0.2, 0) is 64.2 Å². The predicted molar refractivity (Wildman–Crippen MR) is 362 cm³/mol. The molecule has 92 heavy (non-hydrogen) atoms. The van der Waals surface area contributed by atoms with Crippen molar-refractivity contribution in [3.05, 3.63) is 366 Å². The van der Waals surface area contributed by atoms with E-state index in [2.05, 4.69) is 0 Å². The van der Waals surface area contributed by atoms with Crippen molar-refractivity contribution in [1.29, 1.82) is 0 Å². The monoisotopic (exact) mass is 1220 g/mol. The number of para-hydroxylation sites is 10. The number of benzene rings is 12. The molecule has 10 N–H and O–H groups in total. The summed E-state index contributed by atoms with van der Waals surface area (Å²) in [4.78, 5) is 0. The molecule has 10 nitrogen and oxygen atoms in total. The molecule has 0 saturated heterocycles. The fraction of sp³-hybridized carbons (Fsp3) is 0.122. The van der Waals surface area contributed by atoms with Gasteiger partial charge in [0.25, 0.3) is 0 Å². The van der Waals surface area contributed by atoms with Gasteiger partial charge in [-0.25, -0.2) is 0 Å². The van der Waals surface area contributed by atoms with E-state index in [0.29, 0.717) is 175 Å². The molecule has 0 fully saturated rings. The van der Waals surface area contributed by atoms with E-state index in [1.54, 1.807) is 0 Å². The van der Waals surface area contributed by atoms with Gasteiger partial charge in [-0.05, 0) is 111 Å². The first-order chi connectivity index (χ1) is 44.8. The van der Waals surface area contributed by atoms with Crippen LogP contribution in [-0.4, -0.2) is 51.1 Å². The minimum absolute atomic E-state index is 0.127. The van der Waals surface area contributed by atoms with Gasteiger partial charge in [0.05, 0.1) is 0 Å². The van der Waals surface area contributed by atoms with Crippen molar-refractivity contribution in [3.8, 4) is 57.5 Å². The van der Waals surface area contributed by atoms with Crippen LogP contribution in [0.3, 0.4) is 0 Å². The van der Waals surface area contributed by atoms with E-state index in [1.165, 1.54) is 0 Å². The second-order valence-corrected chi connectivity index (χ2v) is 23.3. The third-order valence-electron chi connectivity index (χ3n) is 17.2. The molecule has 2 aliphatic rings. The zero-order valence-corrected chi connectivity index (χ0v) is 50.8. The Balaban J connectivity index is 0.000000159. The molecule has 0 aromatic heterocycles. The van der Waals surface area contributed by atoms with Crippen LogP contribution >= 0.6 is 0 Å². The smallest absolute Gasteiger partial charge is 0.122 e. The second-order valence-electron chi connectivity index (χ2n) is 23.3. The molecule has 14 rings (SSSR count). The molecule has 0 aliphatic heterocycles. The highest BCUT2D eigenvalue weighted by Gasteiger charge is 2.22. The van der Waals surface area contributed by atoms with E-state index in [0.717, 1.165) is 0 Å². The van der Waals surface area contributed by atoms with Crippen LogP contribution in [0.4, 0.5) is 0 Å². The Hall–Kier alpha value is -11.4. The van der Waals surface area contributed by atoms with Crippen LogP contribution < -0.4 is 0 Å². The first kappa shape index (κ1) is 62.3. The quantitative estimate of drug-likeness (QED) is 0.0696. The average molecular weight is 1220 g/mol. The van der Waals surface area contributed by atoms with Gasteiger partial charge in [0.2, 0.25) is 0 Å². The number of fused-ring (bicyclic) bond motifs is 20. The van der Waals surface area contributed by atoms with Gasteiger partial charge in [0.15, 0.2) is 0 Å². The van der Waals surface area contributed by atoms with Gasteiger partial charge in [-0.15, -0.1) is 0 Å². The molecule has 0 unspecified atom stereocenters. The number of aromatic hydroxyl groups is 10. The van der Waals surface area contributed by atoms with Crippen molar-refractivity contribution in [1.82, 2.24) is 0 Å². The first-order valence-electron chi connectivity index (χ1n) is 30.7. The normalized spacial score (nSPS) is 12.3. The lowest BCUT2D eigenvalue weighted by atomic mass is 9.91. The van der Waals surface area contributed by atoms with Crippen LogP contribution in [0, 0.1) is 0 Å². The fourth-order valence-corrected chi connectivity index (χ4v) is 12.1. The Morgan fingerprint density at radius 1 is 0.109 bits per heavy atom. The minimum atomic E-state index is 0.127. The van der Waals surface area contributed by atoms with Gasteiger partial charge in [-0.2, -0.15) is 0 Å². The maximum atomic E-state index is 11.2. The van der Waals surface area contributed by atoms with Gasteiger partial charge in [0, 0.05) is 64.2 Å². The summed E-state index contributed by atoms with van der Waals surface area (Å²) < 4.78 is 0. The summed E-state index contributed by atoms with van der Waals surface area (Å²) in [6.45, 7) is 0. The van der Waals surface area contributed by atoms with E-state index in [1.807, 2.05) is 255 Å². The van der Waals surface area contributed by atoms with Gasteiger partial charge in [-0.3, -0.25) is 0 Å². The highest BCUT2D eigenvalue weighted by molar-refractivity contribution is 5.58. The number of hydrogen-bond acceptors (Lipinski definition) is 10. The number of rotatable bonds is 0. The SMILES string of the molecule is Oc1c2cccc1Cc1cccc(c1O)Cc1cccc(c1O)Cc1cccc(c1O)Cc1cccc(c1O)C2.Oc1c2cccc1Cc1cccc(c1O)Cc1cccc(c1O)Cc1cccc(c1O)Cc1cccc(c1O)C2.c1ccccc1.c1ccccc1. The van der Waals surface area contributed by atoms with Gasteiger partial charge >= 0.3 is 0 Å². The van der Waals surface area contributed by atoms with Gasteiger partial charge < -0.3 is 51.1 Å². The third-order valence-corrected chi connectivity index (χ3v) is 17.2.